The molecule has 2 amide bonds. The lowest BCUT2D eigenvalue weighted by molar-refractivity contribution is -0.131. The molecular weight excluding hydrogens is 181 g/mol. The predicted molar refractivity (Wildman–Crippen MR) is 40.2 cm³/mol. The van der Waals surface area contributed by atoms with E-state index in [-0.39, 0.29) is 6.61 Å². The van der Waals surface area contributed by atoms with Crippen LogP contribution in [0.1, 0.15) is 6.92 Å². The zero-order chi connectivity index (χ0) is 9.14. The highest BCUT2D eigenvalue weighted by Crippen LogP contribution is 2.31. The number of rotatable bonds is 3. The van der Waals surface area contributed by atoms with Crippen LogP contribution >= 0.6 is 8.18 Å². The summed E-state index contributed by atoms with van der Waals surface area (Å²) in [6.07, 6.45) is 2.13. The summed E-state index contributed by atoms with van der Waals surface area (Å²) < 4.78 is 16.3. The molecule has 12 heavy (non-hydrogen) atoms. The SMILES string of the molecule is CCO[P+](=O)N1C(=O)C=CC1=O. The number of imide groups is 1. The highest BCUT2D eigenvalue weighted by atomic mass is 31.1. The number of hydrogen-bond acceptors (Lipinski definition) is 4. The van der Waals surface area contributed by atoms with Crippen LogP contribution in [0.25, 0.3) is 0 Å². The Balaban J connectivity index is 2.70. The fraction of sp³-hybridized carbons (Fsp3) is 0.333. The molecule has 0 aromatic carbocycles. The molecule has 0 aromatic heterocycles. The summed E-state index contributed by atoms with van der Waals surface area (Å²) in [4.78, 5) is 21.7. The first kappa shape index (κ1) is 9.03. The average molecular weight is 188 g/mol. The molecule has 0 spiro atoms. The lowest BCUT2D eigenvalue weighted by atomic mass is 10.6. The van der Waals surface area contributed by atoms with Crippen LogP contribution in [0, 0.1) is 0 Å². The topological polar surface area (TPSA) is 63.7 Å². The van der Waals surface area contributed by atoms with Gasteiger partial charge in [-0.1, -0.05) is 0 Å². The van der Waals surface area contributed by atoms with Crippen molar-refractivity contribution >= 4 is 20.0 Å². The molecule has 0 aromatic rings. The largest absolute Gasteiger partial charge is 0.657 e. The molecule has 5 nitrogen and oxygen atoms in total. The van der Waals surface area contributed by atoms with Crippen molar-refractivity contribution in [2.45, 2.75) is 6.92 Å². The van der Waals surface area contributed by atoms with Gasteiger partial charge in [-0.25, -0.2) is 0 Å². The van der Waals surface area contributed by atoms with Crippen LogP contribution in [0.4, 0.5) is 0 Å². The number of hydrogen-bond donors (Lipinski definition) is 0. The minimum Gasteiger partial charge on any atom is -0.265 e. The molecule has 1 rings (SSSR count). The summed E-state index contributed by atoms with van der Waals surface area (Å²) in [5.74, 6) is -1.18. The summed E-state index contributed by atoms with van der Waals surface area (Å²) >= 11 is 0. The van der Waals surface area contributed by atoms with Crippen LogP contribution in [0.3, 0.4) is 0 Å². The molecule has 1 atom stereocenters. The molecule has 0 saturated heterocycles. The Bertz CT molecular complexity index is 255. The Kier molecular flexibility index (Phi) is 2.68. The van der Waals surface area contributed by atoms with Crippen molar-refractivity contribution in [3.63, 3.8) is 0 Å². The second-order valence-corrected chi connectivity index (χ2v) is 3.11. The van der Waals surface area contributed by atoms with Crippen LogP contribution in [-0.4, -0.2) is 23.1 Å². The maximum Gasteiger partial charge on any atom is 0.657 e. The highest BCUT2D eigenvalue weighted by molar-refractivity contribution is 7.38. The lowest BCUT2D eigenvalue weighted by Gasteiger charge is -1.95. The van der Waals surface area contributed by atoms with E-state index in [4.69, 9.17) is 0 Å². The highest BCUT2D eigenvalue weighted by Gasteiger charge is 2.42. The number of carbonyl (C=O) groups is 2. The van der Waals surface area contributed by atoms with Crippen LogP contribution in [-0.2, 0) is 18.7 Å². The first-order valence-corrected chi connectivity index (χ1v) is 4.46. The molecule has 0 bridgehead atoms. The van der Waals surface area contributed by atoms with E-state index in [2.05, 4.69) is 4.52 Å². The van der Waals surface area contributed by atoms with E-state index >= 15 is 0 Å². The first-order valence-electron chi connectivity index (χ1n) is 3.33. The fourth-order valence-corrected chi connectivity index (χ4v) is 1.51. The fourth-order valence-electron chi connectivity index (χ4n) is 0.722. The summed E-state index contributed by atoms with van der Waals surface area (Å²) in [5.41, 5.74) is 0. The van der Waals surface area contributed by atoms with Gasteiger partial charge in [-0.05, 0) is 16.2 Å². The molecule has 6 heteroatoms. The van der Waals surface area contributed by atoms with Gasteiger partial charge in [0.15, 0.2) is 0 Å². The molecule has 0 fully saturated rings. The quantitative estimate of drug-likeness (QED) is 0.480. The molecule has 0 aliphatic carbocycles. The van der Waals surface area contributed by atoms with Gasteiger partial charge >= 0.3 is 8.18 Å². The minimum atomic E-state index is -2.34. The normalized spacial score (nSPS) is 17.4. The molecule has 0 N–H and O–H groups in total. The predicted octanol–water partition coefficient (Wildman–Crippen LogP) is 0.605. The Labute approximate surface area is 69.9 Å². The van der Waals surface area contributed by atoms with Gasteiger partial charge in [0.05, 0.1) is 0 Å². The molecular formula is C6H7NO4P+. The van der Waals surface area contributed by atoms with Crippen molar-refractivity contribution in [2.24, 2.45) is 0 Å². The van der Waals surface area contributed by atoms with E-state index in [1.54, 1.807) is 6.92 Å². The molecule has 1 heterocycles. The van der Waals surface area contributed by atoms with Crippen molar-refractivity contribution < 1.29 is 18.7 Å². The monoisotopic (exact) mass is 188 g/mol. The number of carbonyl (C=O) groups excluding carboxylic acids is 2. The van der Waals surface area contributed by atoms with Gasteiger partial charge in [-0.2, -0.15) is 0 Å². The zero-order valence-electron chi connectivity index (χ0n) is 6.39. The summed E-state index contributed by atoms with van der Waals surface area (Å²) in [6.45, 7) is 1.83. The van der Waals surface area contributed by atoms with Crippen molar-refractivity contribution in [2.75, 3.05) is 6.61 Å². The van der Waals surface area contributed by atoms with Crippen molar-refractivity contribution in [1.82, 2.24) is 4.67 Å². The van der Waals surface area contributed by atoms with Crippen LogP contribution < -0.4 is 0 Å². The Morgan fingerprint density at radius 3 is 2.33 bits per heavy atom. The van der Waals surface area contributed by atoms with Gasteiger partial charge in [-0.3, -0.25) is 9.59 Å². The zero-order valence-corrected chi connectivity index (χ0v) is 7.28. The van der Waals surface area contributed by atoms with Crippen molar-refractivity contribution in [1.29, 1.82) is 0 Å². The minimum absolute atomic E-state index is 0.201. The third-order valence-electron chi connectivity index (χ3n) is 1.19. The van der Waals surface area contributed by atoms with Gasteiger partial charge in [0.2, 0.25) is 0 Å². The molecule has 0 saturated carbocycles. The van der Waals surface area contributed by atoms with Crippen LogP contribution in [0.2, 0.25) is 0 Å². The van der Waals surface area contributed by atoms with E-state index in [0.29, 0.717) is 4.67 Å². The summed E-state index contributed by atoms with van der Waals surface area (Å²) in [5, 5.41) is 0. The van der Waals surface area contributed by atoms with Crippen molar-refractivity contribution in [3.8, 4) is 0 Å². The lowest BCUT2D eigenvalue weighted by Crippen LogP contribution is -2.22. The summed E-state index contributed by atoms with van der Waals surface area (Å²) in [7, 11) is -2.34. The van der Waals surface area contributed by atoms with Gasteiger partial charge < -0.3 is 0 Å². The van der Waals surface area contributed by atoms with E-state index in [0.717, 1.165) is 12.2 Å². The standard InChI is InChI=1S/C6H7NO4P/c1-2-11-12(10)7-5(8)3-4-6(7)9/h3-4H,2H2,1H3/q+1. The van der Waals surface area contributed by atoms with E-state index in [1.165, 1.54) is 0 Å². The van der Waals surface area contributed by atoms with Crippen molar-refractivity contribution in [3.05, 3.63) is 12.2 Å². The van der Waals surface area contributed by atoms with Gasteiger partial charge in [0.1, 0.15) is 6.61 Å². The Morgan fingerprint density at radius 1 is 1.42 bits per heavy atom. The van der Waals surface area contributed by atoms with Crippen LogP contribution in [0.5, 0.6) is 0 Å². The smallest absolute Gasteiger partial charge is 0.265 e. The number of amides is 2. The molecule has 1 aliphatic heterocycles. The van der Waals surface area contributed by atoms with E-state index in [9.17, 15) is 14.2 Å². The maximum absolute atomic E-state index is 11.0. The molecule has 1 unspecified atom stereocenters. The maximum atomic E-state index is 11.0. The summed E-state index contributed by atoms with van der Waals surface area (Å²) in [6, 6.07) is 0. The molecule has 1 aliphatic rings. The van der Waals surface area contributed by atoms with Crippen LogP contribution in [0.15, 0.2) is 12.2 Å². The van der Waals surface area contributed by atoms with E-state index < -0.39 is 20.0 Å². The number of nitrogens with zero attached hydrogens (tertiary/aromatic N) is 1. The van der Waals surface area contributed by atoms with E-state index in [1.807, 2.05) is 0 Å². The van der Waals surface area contributed by atoms with Gasteiger partial charge in [0, 0.05) is 12.2 Å². The third kappa shape index (κ3) is 1.57. The Hall–Kier alpha value is -1.06. The van der Waals surface area contributed by atoms with Gasteiger partial charge in [0.25, 0.3) is 11.8 Å². The van der Waals surface area contributed by atoms with Gasteiger partial charge in [-0.15, -0.1) is 4.52 Å². The molecule has 64 valence electrons. The first-order chi connectivity index (χ1) is 5.66. The molecule has 0 radical (unpaired) electrons. The Morgan fingerprint density at radius 2 is 1.92 bits per heavy atom. The second-order valence-electron chi connectivity index (χ2n) is 1.98. The third-order valence-corrected chi connectivity index (χ3v) is 2.39. The second kappa shape index (κ2) is 3.56. The average Bonchev–Trinajstić information content (AvgIpc) is 2.32.